The molecular weight excluding hydrogens is 446 g/mol. The number of esters is 1. The minimum atomic E-state index is -0.557. The van der Waals surface area contributed by atoms with Crippen LogP contribution in [0.4, 0.5) is 0 Å². The molecule has 1 fully saturated rings. The van der Waals surface area contributed by atoms with Crippen molar-refractivity contribution in [1.82, 2.24) is 24.8 Å². The second-order valence-electron chi connectivity index (χ2n) is 8.35. The number of hydrogen-bond donors (Lipinski definition) is 2. The van der Waals surface area contributed by atoms with Crippen LogP contribution in [-0.2, 0) is 9.53 Å². The lowest BCUT2D eigenvalue weighted by molar-refractivity contribution is -0.139. The number of nitrogens with one attached hydrogen (secondary N) is 2. The number of methoxy groups -OCH3 is 1. The van der Waals surface area contributed by atoms with Gasteiger partial charge in [0.05, 0.1) is 24.4 Å². The Morgan fingerprint density at radius 3 is 2.49 bits per heavy atom. The van der Waals surface area contributed by atoms with Gasteiger partial charge in [-0.2, -0.15) is 0 Å². The van der Waals surface area contributed by atoms with E-state index in [0.717, 1.165) is 24.1 Å². The fraction of sp³-hybridized carbons (Fsp3) is 0.231. The summed E-state index contributed by atoms with van der Waals surface area (Å²) < 4.78 is 7.86. The van der Waals surface area contributed by atoms with Gasteiger partial charge in [0.2, 0.25) is 0 Å². The van der Waals surface area contributed by atoms with E-state index in [-0.39, 0.29) is 24.0 Å². The topological polar surface area (TPSA) is 107 Å². The highest BCUT2D eigenvalue weighted by molar-refractivity contribution is 5.96. The zero-order valence-electron chi connectivity index (χ0n) is 19.2. The molecule has 2 aromatic heterocycles. The van der Waals surface area contributed by atoms with Crippen LogP contribution < -0.4 is 16.3 Å². The first-order valence-electron chi connectivity index (χ1n) is 11.4. The number of benzene rings is 2. The number of ether oxygens (including phenoxy) is 1. The number of carbonyl (C=O) groups is 2. The van der Waals surface area contributed by atoms with E-state index in [2.05, 4.69) is 20.4 Å². The van der Waals surface area contributed by atoms with Gasteiger partial charge < -0.3 is 15.4 Å². The summed E-state index contributed by atoms with van der Waals surface area (Å²) in [6, 6.07) is 21.0. The predicted octanol–water partition coefficient (Wildman–Crippen LogP) is 2.29. The highest BCUT2D eigenvalue weighted by atomic mass is 16.5. The molecule has 35 heavy (non-hydrogen) atoms. The zero-order chi connectivity index (χ0) is 24.4. The minimum Gasteiger partial charge on any atom is -0.468 e. The van der Waals surface area contributed by atoms with Crippen LogP contribution in [0.3, 0.4) is 0 Å². The van der Waals surface area contributed by atoms with Gasteiger partial charge in [0, 0.05) is 6.54 Å². The van der Waals surface area contributed by atoms with Gasteiger partial charge in [-0.25, -0.2) is 9.78 Å². The third-order valence-electron chi connectivity index (χ3n) is 6.21. The molecule has 0 saturated carbocycles. The number of hydrogen-bond acceptors (Lipinski definition) is 6. The lowest BCUT2D eigenvalue weighted by atomic mass is 10.1. The molecule has 1 saturated heterocycles. The molecule has 0 aliphatic carbocycles. The molecule has 1 aliphatic rings. The maximum atomic E-state index is 13.7. The molecule has 178 valence electrons. The van der Waals surface area contributed by atoms with E-state index >= 15 is 0 Å². The molecule has 1 atom stereocenters. The van der Waals surface area contributed by atoms with Gasteiger partial charge in [-0.1, -0.05) is 42.5 Å². The predicted molar refractivity (Wildman–Crippen MR) is 132 cm³/mol. The second kappa shape index (κ2) is 9.55. The largest absolute Gasteiger partial charge is 0.468 e. The van der Waals surface area contributed by atoms with Gasteiger partial charge in [-0.15, -0.1) is 0 Å². The Bertz CT molecular complexity index is 1430. The molecule has 9 heteroatoms. The first-order valence-corrected chi connectivity index (χ1v) is 11.4. The molecule has 9 nitrogen and oxygen atoms in total. The summed E-state index contributed by atoms with van der Waals surface area (Å²) in [6.07, 6.45) is 0.784. The van der Waals surface area contributed by atoms with E-state index in [1.165, 1.54) is 7.11 Å². The highest BCUT2D eigenvalue weighted by Crippen LogP contribution is 2.25. The molecule has 0 unspecified atom stereocenters. The van der Waals surface area contributed by atoms with E-state index in [4.69, 9.17) is 0 Å². The molecule has 0 spiro atoms. The Labute approximate surface area is 201 Å². The first kappa shape index (κ1) is 22.5. The lowest BCUT2D eigenvalue weighted by Crippen LogP contribution is -2.31. The number of amides is 1. The van der Waals surface area contributed by atoms with E-state index in [1.807, 2.05) is 54.6 Å². The Morgan fingerprint density at radius 2 is 1.80 bits per heavy atom. The van der Waals surface area contributed by atoms with Crippen LogP contribution in [0.2, 0.25) is 0 Å². The maximum absolute atomic E-state index is 13.7. The molecule has 2 aromatic carbocycles. The van der Waals surface area contributed by atoms with E-state index in [0.29, 0.717) is 23.4 Å². The lowest BCUT2D eigenvalue weighted by Gasteiger charge is -2.10. The standard InChI is InChI=1S/C26H25N5O4/c1-35-23(32)16-28-25(33)21-11-12-22-24(29-21)31(20-13-14-27-15-20)26(34)30(22)19-9-7-18(8-10-19)17-5-3-2-4-6-17/h2-12,20,27H,13-16H2,1H3,(H,28,33)/t20-/m0/s1. The van der Waals surface area contributed by atoms with Crippen molar-refractivity contribution in [2.75, 3.05) is 26.7 Å². The first-order chi connectivity index (χ1) is 17.1. The molecule has 5 rings (SSSR count). The average molecular weight is 472 g/mol. The molecule has 4 aromatic rings. The van der Waals surface area contributed by atoms with Gasteiger partial charge in [0.1, 0.15) is 12.2 Å². The van der Waals surface area contributed by atoms with E-state index < -0.39 is 11.9 Å². The Balaban J connectivity index is 1.58. The third-order valence-corrected chi connectivity index (χ3v) is 6.21. The maximum Gasteiger partial charge on any atom is 0.335 e. The molecule has 1 aliphatic heterocycles. The summed E-state index contributed by atoms with van der Waals surface area (Å²) >= 11 is 0. The van der Waals surface area contributed by atoms with Crippen molar-refractivity contribution >= 4 is 23.0 Å². The molecule has 3 heterocycles. The van der Waals surface area contributed by atoms with Crippen molar-refractivity contribution in [1.29, 1.82) is 0 Å². The third kappa shape index (κ3) is 4.33. The fourth-order valence-corrected chi connectivity index (χ4v) is 4.41. The Kier molecular flexibility index (Phi) is 6.15. The number of rotatable bonds is 6. The summed E-state index contributed by atoms with van der Waals surface area (Å²) in [5, 5.41) is 5.78. The zero-order valence-corrected chi connectivity index (χ0v) is 19.2. The van der Waals surface area contributed by atoms with Crippen LogP contribution in [-0.4, -0.2) is 52.7 Å². The number of pyridine rings is 1. The fourth-order valence-electron chi connectivity index (χ4n) is 4.41. The number of carbonyl (C=O) groups excluding carboxylic acids is 2. The molecule has 0 bridgehead atoms. The number of nitrogens with zero attached hydrogens (tertiary/aromatic N) is 3. The van der Waals surface area contributed by atoms with Crippen molar-refractivity contribution < 1.29 is 14.3 Å². The van der Waals surface area contributed by atoms with Gasteiger partial charge in [-0.05, 0) is 48.4 Å². The van der Waals surface area contributed by atoms with Gasteiger partial charge in [0.15, 0.2) is 5.65 Å². The minimum absolute atomic E-state index is 0.0734. The quantitative estimate of drug-likeness (QED) is 0.418. The Hall–Kier alpha value is -4.24. The summed E-state index contributed by atoms with van der Waals surface area (Å²) in [7, 11) is 1.25. The number of fused-ring (bicyclic) bond motifs is 1. The molecular formula is C26H25N5O4. The second-order valence-corrected chi connectivity index (χ2v) is 8.35. The van der Waals surface area contributed by atoms with Crippen molar-refractivity contribution in [3.63, 3.8) is 0 Å². The SMILES string of the molecule is COC(=O)CNC(=O)c1ccc2c(n1)n([C@H]1CCNC1)c(=O)n2-c1ccc(-c2ccccc2)cc1. The van der Waals surface area contributed by atoms with Crippen LogP contribution in [0.15, 0.2) is 71.5 Å². The summed E-state index contributed by atoms with van der Waals surface area (Å²) in [6.45, 7) is 1.18. The molecule has 2 N–H and O–H groups in total. The van der Waals surface area contributed by atoms with Gasteiger partial charge >= 0.3 is 11.7 Å². The van der Waals surface area contributed by atoms with Crippen molar-refractivity contribution in [2.45, 2.75) is 12.5 Å². The Morgan fingerprint density at radius 1 is 1.06 bits per heavy atom. The molecule has 1 amide bonds. The van der Waals surface area contributed by atoms with E-state index in [1.54, 1.807) is 21.3 Å². The number of aromatic nitrogens is 3. The smallest absolute Gasteiger partial charge is 0.335 e. The summed E-state index contributed by atoms with van der Waals surface area (Å²) in [5.41, 5.74) is 3.82. The highest BCUT2D eigenvalue weighted by Gasteiger charge is 2.26. The van der Waals surface area contributed by atoms with Crippen molar-refractivity contribution in [3.05, 3.63) is 82.9 Å². The van der Waals surface area contributed by atoms with Crippen LogP contribution in [0.25, 0.3) is 28.0 Å². The number of imidazole rings is 1. The van der Waals surface area contributed by atoms with E-state index in [9.17, 15) is 14.4 Å². The summed E-state index contributed by atoms with van der Waals surface area (Å²) in [5.74, 6) is -1.07. The molecule has 0 radical (unpaired) electrons. The average Bonchev–Trinajstić information content (AvgIpc) is 3.52. The van der Waals surface area contributed by atoms with Crippen LogP contribution in [0, 0.1) is 0 Å². The van der Waals surface area contributed by atoms with Crippen LogP contribution in [0.1, 0.15) is 23.0 Å². The van der Waals surface area contributed by atoms with Crippen molar-refractivity contribution in [2.24, 2.45) is 0 Å². The van der Waals surface area contributed by atoms with Crippen LogP contribution in [0.5, 0.6) is 0 Å². The van der Waals surface area contributed by atoms with Gasteiger partial charge in [-0.3, -0.25) is 18.7 Å². The van der Waals surface area contributed by atoms with Crippen LogP contribution >= 0.6 is 0 Å². The van der Waals surface area contributed by atoms with Gasteiger partial charge in [0.25, 0.3) is 5.91 Å². The normalized spacial score (nSPS) is 15.3. The summed E-state index contributed by atoms with van der Waals surface area (Å²) in [4.78, 5) is 42.2. The monoisotopic (exact) mass is 471 g/mol. The van der Waals surface area contributed by atoms with Crippen molar-refractivity contribution in [3.8, 4) is 16.8 Å².